The van der Waals surface area contributed by atoms with E-state index < -0.39 is 29.7 Å². The smallest absolute Gasteiger partial charge is 0.262 e. The fourth-order valence-electron chi connectivity index (χ4n) is 8.46. The van der Waals surface area contributed by atoms with Crippen molar-refractivity contribution in [1.29, 1.82) is 5.26 Å². The quantitative estimate of drug-likeness (QED) is 0.366. The molecule has 1 unspecified atom stereocenters. The molecule has 13 heteroatoms. The summed E-state index contributed by atoms with van der Waals surface area (Å²) in [5, 5.41) is 14.7. The lowest BCUT2D eigenvalue weighted by molar-refractivity contribution is -0.136. The number of carbonyl (C=O) groups excluding carboxylic acids is 6. The number of hydrogen-bond donors (Lipinski definition) is 2. The van der Waals surface area contributed by atoms with Gasteiger partial charge in [-0.15, -0.1) is 0 Å². The van der Waals surface area contributed by atoms with Crippen molar-refractivity contribution in [2.45, 2.75) is 77.3 Å². The van der Waals surface area contributed by atoms with Gasteiger partial charge in [0.25, 0.3) is 17.7 Å². The van der Waals surface area contributed by atoms with Crippen molar-refractivity contribution < 1.29 is 28.8 Å². The van der Waals surface area contributed by atoms with Crippen LogP contribution in [0.15, 0.2) is 48.5 Å². The zero-order chi connectivity index (χ0) is 37.1. The van der Waals surface area contributed by atoms with Crippen LogP contribution >= 0.6 is 0 Å². The van der Waals surface area contributed by atoms with Crippen molar-refractivity contribution >= 4 is 41.1 Å². The molecule has 8 rings (SSSR count). The molecule has 13 nitrogen and oxygen atoms in total. The molecule has 6 amide bonds. The van der Waals surface area contributed by atoms with Crippen LogP contribution in [0.4, 0.5) is 5.69 Å². The van der Waals surface area contributed by atoms with E-state index in [0.717, 1.165) is 44.8 Å². The normalized spacial score (nSPS) is 22.4. The molecule has 0 aromatic heterocycles. The lowest BCUT2D eigenvalue weighted by Crippen LogP contribution is -2.54. The Labute approximate surface area is 306 Å². The summed E-state index contributed by atoms with van der Waals surface area (Å²) in [6.07, 6.45) is 1.61. The molecule has 0 radical (unpaired) electrons. The minimum absolute atomic E-state index is 0.0103. The second kappa shape index (κ2) is 13.3. The van der Waals surface area contributed by atoms with Crippen molar-refractivity contribution in [2.24, 2.45) is 0 Å². The molecule has 5 heterocycles. The number of imide groups is 2. The van der Waals surface area contributed by atoms with E-state index in [1.54, 1.807) is 12.1 Å². The molecule has 2 N–H and O–H groups in total. The average molecular weight is 714 g/mol. The van der Waals surface area contributed by atoms with Crippen LogP contribution in [-0.4, -0.2) is 87.9 Å². The molecular formula is C40H39N7O6. The highest BCUT2D eigenvalue weighted by Gasteiger charge is 2.45. The number of fused-ring (bicyclic) bond motifs is 3. The summed E-state index contributed by atoms with van der Waals surface area (Å²) >= 11 is 0. The lowest BCUT2D eigenvalue weighted by atomic mass is 9.96. The molecule has 2 fully saturated rings. The molecule has 5 aliphatic rings. The summed E-state index contributed by atoms with van der Waals surface area (Å²) < 4.78 is 0. The number of anilines is 1. The predicted molar refractivity (Wildman–Crippen MR) is 191 cm³/mol. The minimum atomic E-state index is -1.01. The van der Waals surface area contributed by atoms with E-state index in [4.69, 9.17) is 0 Å². The largest absolute Gasteiger partial charge is 0.367 e. The number of hydrogen-bond acceptors (Lipinski definition) is 9. The van der Waals surface area contributed by atoms with Gasteiger partial charge >= 0.3 is 0 Å². The zero-order valence-electron chi connectivity index (χ0n) is 29.6. The first-order chi connectivity index (χ1) is 25.5. The highest BCUT2D eigenvalue weighted by Crippen LogP contribution is 2.34. The van der Waals surface area contributed by atoms with E-state index in [9.17, 15) is 34.0 Å². The van der Waals surface area contributed by atoms with E-state index >= 15 is 0 Å². The third-order valence-electron chi connectivity index (χ3n) is 11.3. The summed E-state index contributed by atoms with van der Waals surface area (Å²) in [4.78, 5) is 84.4. The Morgan fingerprint density at radius 3 is 2.32 bits per heavy atom. The van der Waals surface area contributed by atoms with Gasteiger partial charge in [-0.1, -0.05) is 6.07 Å². The van der Waals surface area contributed by atoms with Crippen LogP contribution in [0.5, 0.6) is 0 Å². The van der Waals surface area contributed by atoms with Crippen LogP contribution in [0.25, 0.3) is 0 Å². The van der Waals surface area contributed by atoms with Crippen LogP contribution in [-0.2, 0) is 40.4 Å². The Morgan fingerprint density at radius 2 is 1.64 bits per heavy atom. The second-order valence-corrected chi connectivity index (χ2v) is 14.8. The second-order valence-electron chi connectivity index (χ2n) is 14.8. The molecule has 2 saturated heterocycles. The van der Waals surface area contributed by atoms with Crippen molar-refractivity contribution in [1.82, 2.24) is 25.3 Å². The monoisotopic (exact) mass is 713 g/mol. The fourth-order valence-corrected chi connectivity index (χ4v) is 8.46. The van der Waals surface area contributed by atoms with E-state index in [2.05, 4.69) is 28.5 Å². The predicted octanol–water partition coefficient (Wildman–Crippen LogP) is 2.57. The summed E-state index contributed by atoms with van der Waals surface area (Å²) in [6.45, 7) is 6.81. The standard InChI is InChI=1S/C40H39N7O6/c1-22-11-31(6-5-26(22)16-41)46-20-30(12-23(46)2)42-37(50)25-3-4-27-19-45(10-9-24(27)13-25)36(49)21-44-17-28-14-32-33(15-29(28)18-44)40(53)47(39(32)52)34-7-8-35(48)43-38(34)51/h3-6,11,13-15,23,30,34H,7-10,12,17-21H2,1-2H3,(H,42,50)(H,43,48,51)/t23-,30+,34?/m0/s1. The number of nitriles is 1. The van der Waals surface area contributed by atoms with Crippen LogP contribution in [0.2, 0.25) is 0 Å². The molecule has 0 spiro atoms. The number of nitrogens with one attached hydrogen (secondary N) is 2. The van der Waals surface area contributed by atoms with E-state index in [-0.39, 0.29) is 54.4 Å². The number of nitrogens with zero attached hydrogens (tertiary/aromatic N) is 5. The first kappa shape index (κ1) is 34.2. The SMILES string of the molecule is Cc1cc(N2C[C@H](NC(=O)c3ccc4c(c3)CCN(C(=O)CN3Cc5cc6c(cc5C3)C(=O)N(C3CCC(=O)NC3=O)C6=O)C4)C[C@@H]2C)ccc1C#N. The van der Waals surface area contributed by atoms with Gasteiger partial charge in [0.15, 0.2) is 0 Å². The molecule has 5 aliphatic heterocycles. The first-order valence-electron chi connectivity index (χ1n) is 18.0. The molecule has 270 valence electrons. The van der Waals surface area contributed by atoms with Gasteiger partial charge in [-0.3, -0.25) is 43.9 Å². The van der Waals surface area contributed by atoms with Gasteiger partial charge in [0.1, 0.15) is 6.04 Å². The molecule has 0 aliphatic carbocycles. The van der Waals surface area contributed by atoms with E-state index in [1.165, 1.54) is 0 Å². The van der Waals surface area contributed by atoms with E-state index in [1.807, 2.05) is 53.1 Å². The van der Waals surface area contributed by atoms with Gasteiger partial charge < -0.3 is 15.1 Å². The van der Waals surface area contributed by atoms with E-state index in [0.29, 0.717) is 50.3 Å². The summed E-state index contributed by atoms with van der Waals surface area (Å²) in [7, 11) is 0. The Hall–Kier alpha value is -5.87. The van der Waals surface area contributed by atoms with Gasteiger partial charge in [-0.2, -0.15) is 5.26 Å². The molecule has 53 heavy (non-hydrogen) atoms. The summed E-state index contributed by atoms with van der Waals surface area (Å²) in [5.41, 5.74) is 7.51. The van der Waals surface area contributed by atoms with Crippen LogP contribution < -0.4 is 15.5 Å². The third-order valence-corrected chi connectivity index (χ3v) is 11.3. The zero-order valence-corrected chi connectivity index (χ0v) is 29.6. The van der Waals surface area contributed by atoms with Crippen molar-refractivity contribution in [3.63, 3.8) is 0 Å². The molecule has 3 atom stereocenters. The van der Waals surface area contributed by atoms with Crippen molar-refractivity contribution in [3.05, 3.63) is 98.6 Å². The maximum Gasteiger partial charge on any atom is 0.262 e. The third kappa shape index (κ3) is 6.23. The summed E-state index contributed by atoms with van der Waals surface area (Å²) in [5.74, 6) is -2.28. The number of aryl methyl sites for hydroxylation is 1. The molecular weight excluding hydrogens is 674 g/mol. The Balaban J connectivity index is 0.856. The van der Waals surface area contributed by atoms with Gasteiger partial charge in [0.05, 0.1) is 29.3 Å². The Morgan fingerprint density at radius 1 is 0.906 bits per heavy atom. The molecule has 0 saturated carbocycles. The maximum absolute atomic E-state index is 13.5. The van der Waals surface area contributed by atoms with Crippen LogP contribution in [0.3, 0.4) is 0 Å². The van der Waals surface area contributed by atoms with Gasteiger partial charge in [0.2, 0.25) is 17.7 Å². The summed E-state index contributed by atoms with van der Waals surface area (Å²) in [6, 6.07) is 16.4. The number of benzene rings is 3. The lowest BCUT2D eigenvalue weighted by Gasteiger charge is -2.30. The highest BCUT2D eigenvalue weighted by molar-refractivity contribution is 6.23. The maximum atomic E-state index is 13.5. The van der Waals surface area contributed by atoms with Gasteiger partial charge in [0, 0.05) is 62.5 Å². The highest BCUT2D eigenvalue weighted by atomic mass is 16.2. The Bertz CT molecular complexity index is 2130. The number of carbonyl (C=O) groups is 6. The van der Waals surface area contributed by atoms with Gasteiger partial charge in [-0.05, 0) is 103 Å². The van der Waals surface area contributed by atoms with Crippen molar-refractivity contribution in [3.8, 4) is 6.07 Å². The van der Waals surface area contributed by atoms with Gasteiger partial charge in [-0.25, -0.2) is 0 Å². The number of rotatable bonds is 6. The number of piperidine rings is 1. The average Bonchev–Trinajstić information content (AvgIpc) is 3.78. The molecule has 3 aromatic rings. The fraction of sp³-hybridized carbons (Fsp3) is 0.375. The Kier molecular flexibility index (Phi) is 8.57. The minimum Gasteiger partial charge on any atom is -0.367 e. The molecule has 0 bridgehead atoms. The molecule has 3 aromatic carbocycles. The van der Waals surface area contributed by atoms with Crippen LogP contribution in [0.1, 0.15) is 90.6 Å². The first-order valence-corrected chi connectivity index (χ1v) is 18.0. The van der Waals surface area contributed by atoms with Crippen molar-refractivity contribution in [2.75, 3.05) is 24.5 Å². The van der Waals surface area contributed by atoms with Crippen LogP contribution in [0, 0.1) is 18.3 Å². The number of amides is 6. The topological polar surface area (TPSA) is 163 Å².